The van der Waals surface area contributed by atoms with Gasteiger partial charge in [-0.2, -0.15) is 0 Å². The predicted molar refractivity (Wildman–Crippen MR) is 65.8 cm³/mol. The summed E-state index contributed by atoms with van der Waals surface area (Å²) < 4.78 is 5.61. The monoisotopic (exact) mass is 235 g/mol. The zero-order valence-electron chi connectivity index (χ0n) is 10.6. The second-order valence-corrected chi connectivity index (χ2v) is 5.41. The third kappa shape index (κ3) is 2.53. The summed E-state index contributed by atoms with van der Waals surface area (Å²) in [6.45, 7) is 6.40. The number of aromatic nitrogens is 1. The molecule has 1 aliphatic heterocycles. The Bertz CT molecular complexity index is 386. The number of nitrogens with one attached hydrogen (secondary N) is 1. The van der Waals surface area contributed by atoms with Crippen molar-refractivity contribution in [3.8, 4) is 0 Å². The second kappa shape index (κ2) is 4.42. The van der Waals surface area contributed by atoms with Crippen LogP contribution in [0, 0.1) is 6.92 Å². The Hall–Kier alpha value is -0.870. The van der Waals surface area contributed by atoms with Gasteiger partial charge in [-0.15, -0.1) is 0 Å². The van der Waals surface area contributed by atoms with E-state index in [1.807, 2.05) is 13.1 Å². The summed E-state index contributed by atoms with van der Waals surface area (Å²) in [6, 6.07) is 1.77. The van der Waals surface area contributed by atoms with Crippen LogP contribution in [0.15, 0.2) is 10.6 Å². The van der Waals surface area contributed by atoms with Crippen LogP contribution in [0.4, 0.5) is 0 Å². The zero-order chi connectivity index (χ0) is 11.8. The van der Waals surface area contributed by atoms with Gasteiger partial charge in [-0.1, -0.05) is 0 Å². The molecule has 3 rings (SSSR count). The zero-order valence-corrected chi connectivity index (χ0v) is 10.6. The molecule has 4 nitrogen and oxygen atoms in total. The highest BCUT2D eigenvalue weighted by atomic mass is 16.4. The molecule has 4 heteroatoms. The van der Waals surface area contributed by atoms with Gasteiger partial charge >= 0.3 is 0 Å². The Morgan fingerprint density at radius 1 is 1.41 bits per heavy atom. The summed E-state index contributed by atoms with van der Waals surface area (Å²) in [5, 5.41) is 3.70. The number of rotatable bonds is 4. The van der Waals surface area contributed by atoms with Crippen LogP contribution in [-0.4, -0.2) is 35.1 Å². The van der Waals surface area contributed by atoms with Gasteiger partial charge in [0.2, 0.25) is 5.89 Å². The van der Waals surface area contributed by atoms with Crippen LogP contribution in [-0.2, 0) is 0 Å². The van der Waals surface area contributed by atoms with Crippen LogP contribution in [0.3, 0.4) is 0 Å². The fraction of sp³-hybridized carbons (Fsp3) is 0.769. The van der Waals surface area contributed by atoms with Crippen LogP contribution in [0.5, 0.6) is 0 Å². The van der Waals surface area contributed by atoms with Crippen LogP contribution >= 0.6 is 0 Å². The molecular formula is C13H21N3O. The summed E-state index contributed by atoms with van der Waals surface area (Å²) >= 11 is 0. The van der Waals surface area contributed by atoms with Crippen LogP contribution in [0.25, 0.3) is 0 Å². The molecule has 2 aliphatic rings. The lowest BCUT2D eigenvalue weighted by Crippen LogP contribution is -2.34. The molecule has 1 aromatic heterocycles. The molecule has 2 heterocycles. The van der Waals surface area contributed by atoms with Gasteiger partial charge in [0.05, 0.1) is 12.2 Å². The van der Waals surface area contributed by atoms with Crippen molar-refractivity contribution >= 4 is 0 Å². The summed E-state index contributed by atoms with van der Waals surface area (Å²) in [4.78, 5) is 6.79. The Balaban J connectivity index is 1.57. The first kappa shape index (κ1) is 11.2. The number of hydrogen-bond donors (Lipinski definition) is 1. The maximum absolute atomic E-state index is 5.61. The SMILES string of the molecule is Cc1cnc(C(C)N2CCC(NC3CC3)C2)o1. The van der Waals surface area contributed by atoms with Crippen LogP contribution in [0.1, 0.15) is 43.9 Å². The van der Waals surface area contributed by atoms with Crippen molar-refractivity contribution < 1.29 is 4.42 Å². The van der Waals surface area contributed by atoms with Gasteiger partial charge in [0.15, 0.2) is 0 Å². The number of hydrogen-bond acceptors (Lipinski definition) is 4. The van der Waals surface area contributed by atoms with E-state index in [2.05, 4.69) is 22.1 Å². The van der Waals surface area contributed by atoms with Gasteiger partial charge in [0.25, 0.3) is 0 Å². The molecule has 1 N–H and O–H groups in total. The van der Waals surface area contributed by atoms with E-state index in [0.717, 1.165) is 30.8 Å². The second-order valence-electron chi connectivity index (χ2n) is 5.41. The minimum Gasteiger partial charge on any atom is -0.444 e. The Kier molecular flexibility index (Phi) is 2.92. The molecule has 1 saturated carbocycles. The van der Waals surface area contributed by atoms with E-state index in [1.54, 1.807) is 0 Å². The molecule has 2 fully saturated rings. The fourth-order valence-corrected chi connectivity index (χ4v) is 2.58. The molecule has 94 valence electrons. The minimum absolute atomic E-state index is 0.301. The lowest BCUT2D eigenvalue weighted by Gasteiger charge is -2.21. The van der Waals surface area contributed by atoms with Crippen LogP contribution in [0.2, 0.25) is 0 Å². The van der Waals surface area contributed by atoms with Crippen molar-refractivity contribution in [2.75, 3.05) is 13.1 Å². The van der Waals surface area contributed by atoms with E-state index in [4.69, 9.17) is 4.42 Å². The summed E-state index contributed by atoms with van der Waals surface area (Å²) in [6.07, 6.45) is 5.79. The predicted octanol–water partition coefficient (Wildman–Crippen LogP) is 1.87. The van der Waals surface area contributed by atoms with Gasteiger partial charge in [-0.3, -0.25) is 4.90 Å². The molecule has 0 amide bonds. The van der Waals surface area contributed by atoms with E-state index in [1.165, 1.54) is 19.3 Å². The molecule has 1 saturated heterocycles. The Labute approximate surface area is 102 Å². The fourth-order valence-electron chi connectivity index (χ4n) is 2.58. The number of oxazole rings is 1. The van der Waals surface area contributed by atoms with Crippen LogP contribution < -0.4 is 5.32 Å². The van der Waals surface area contributed by atoms with Gasteiger partial charge in [-0.25, -0.2) is 4.98 Å². The van der Waals surface area contributed by atoms with Gasteiger partial charge in [-0.05, 0) is 33.1 Å². The van der Waals surface area contributed by atoms with E-state index < -0.39 is 0 Å². The Morgan fingerprint density at radius 3 is 2.88 bits per heavy atom. The normalized spacial score (nSPS) is 27.5. The van der Waals surface area contributed by atoms with Crippen molar-refractivity contribution in [1.82, 2.24) is 15.2 Å². The highest BCUT2D eigenvalue weighted by molar-refractivity contribution is 4.98. The molecular weight excluding hydrogens is 214 g/mol. The largest absolute Gasteiger partial charge is 0.444 e. The molecule has 0 aromatic carbocycles. The Morgan fingerprint density at radius 2 is 2.24 bits per heavy atom. The first-order valence-electron chi connectivity index (χ1n) is 6.65. The molecule has 0 bridgehead atoms. The number of likely N-dealkylation sites (tertiary alicyclic amines) is 1. The quantitative estimate of drug-likeness (QED) is 0.865. The van der Waals surface area contributed by atoms with Crippen molar-refractivity contribution in [2.45, 2.75) is 51.2 Å². The smallest absolute Gasteiger partial charge is 0.211 e. The lowest BCUT2D eigenvalue weighted by molar-refractivity contribution is 0.217. The molecule has 2 unspecified atom stereocenters. The average molecular weight is 235 g/mol. The summed E-state index contributed by atoms with van der Waals surface area (Å²) in [5.41, 5.74) is 0. The first-order valence-corrected chi connectivity index (χ1v) is 6.65. The van der Waals surface area contributed by atoms with Gasteiger partial charge in [0, 0.05) is 25.2 Å². The molecule has 0 radical (unpaired) electrons. The van der Waals surface area contributed by atoms with Crippen molar-refractivity contribution in [3.05, 3.63) is 17.8 Å². The van der Waals surface area contributed by atoms with Crippen molar-refractivity contribution in [3.63, 3.8) is 0 Å². The third-order valence-electron chi connectivity index (χ3n) is 3.81. The molecule has 1 aliphatic carbocycles. The highest BCUT2D eigenvalue weighted by Crippen LogP contribution is 2.26. The summed E-state index contributed by atoms with van der Waals surface area (Å²) in [5.74, 6) is 1.76. The first-order chi connectivity index (χ1) is 8.22. The third-order valence-corrected chi connectivity index (χ3v) is 3.81. The standard InChI is InChI=1S/C13H21N3O/c1-9-7-14-13(17-9)10(2)16-6-5-12(8-16)15-11-3-4-11/h7,10-12,15H,3-6,8H2,1-2H3. The van der Waals surface area contributed by atoms with E-state index in [-0.39, 0.29) is 0 Å². The topological polar surface area (TPSA) is 41.3 Å². The minimum atomic E-state index is 0.301. The van der Waals surface area contributed by atoms with E-state index >= 15 is 0 Å². The number of aryl methyl sites for hydroxylation is 1. The van der Waals surface area contributed by atoms with E-state index in [0.29, 0.717) is 12.1 Å². The van der Waals surface area contributed by atoms with E-state index in [9.17, 15) is 0 Å². The average Bonchev–Trinajstić information content (AvgIpc) is 2.83. The molecule has 17 heavy (non-hydrogen) atoms. The maximum atomic E-state index is 5.61. The number of nitrogens with zero attached hydrogens (tertiary/aromatic N) is 2. The molecule has 2 atom stereocenters. The van der Waals surface area contributed by atoms with Gasteiger partial charge in [0.1, 0.15) is 5.76 Å². The molecule has 1 aromatic rings. The van der Waals surface area contributed by atoms with Crippen molar-refractivity contribution in [2.24, 2.45) is 0 Å². The van der Waals surface area contributed by atoms with Gasteiger partial charge < -0.3 is 9.73 Å². The highest BCUT2D eigenvalue weighted by Gasteiger charge is 2.32. The molecule has 0 spiro atoms. The van der Waals surface area contributed by atoms with Crippen molar-refractivity contribution in [1.29, 1.82) is 0 Å². The summed E-state index contributed by atoms with van der Waals surface area (Å²) in [7, 11) is 0. The maximum Gasteiger partial charge on any atom is 0.211 e. The lowest BCUT2D eigenvalue weighted by atomic mass is 10.2.